The molecule has 0 aromatic carbocycles. The van der Waals surface area contributed by atoms with Crippen LogP contribution in [0.15, 0.2) is 109 Å². The van der Waals surface area contributed by atoms with E-state index in [9.17, 15) is 19.5 Å². The van der Waals surface area contributed by atoms with Crippen molar-refractivity contribution in [1.82, 2.24) is 0 Å². The Bertz CT molecular complexity index is 2070. The van der Waals surface area contributed by atoms with Crippen molar-refractivity contribution in [2.75, 3.05) is 47.5 Å². The largest absolute Gasteiger partial charge is 0.545 e. The Balaban J connectivity index is 3.95. The van der Waals surface area contributed by atoms with Crippen LogP contribution in [-0.4, -0.2) is 82.3 Å². The molecule has 0 spiro atoms. The Labute approximate surface area is 638 Å². The summed E-state index contributed by atoms with van der Waals surface area (Å²) in [7, 11) is 5.95. The van der Waals surface area contributed by atoms with Crippen LogP contribution in [0.1, 0.15) is 412 Å². The molecule has 2 atom stereocenters. The van der Waals surface area contributed by atoms with Crippen molar-refractivity contribution in [3.05, 3.63) is 109 Å². The molecule has 9 heteroatoms. The highest BCUT2D eigenvalue weighted by Gasteiger charge is 2.22. The van der Waals surface area contributed by atoms with Crippen molar-refractivity contribution < 1.29 is 42.9 Å². The molecule has 0 aliphatic carbocycles. The minimum Gasteiger partial charge on any atom is -0.545 e. The van der Waals surface area contributed by atoms with Gasteiger partial charge in [-0.15, -0.1) is 0 Å². The zero-order valence-corrected chi connectivity index (χ0v) is 68.4. The maximum absolute atomic E-state index is 13.0. The maximum atomic E-state index is 13.0. The lowest BCUT2D eigenvalue weighted by atomic mass is 10.0. The lowest BCUT2D eigenvalue weighted by Crippen LogP contribution is -2.44. The van der Waals surface area contributed by atoms with Gasteiger partial charge in [-0.1, -0.05) is 406 Å². The van der Waals surface area contributed by atoms with Crippen LogP contribution in [0.2, 0.25) is 0 Å². The fourth-order valence-corrected chi connectivity index (χ4v) is 12.8. The van der Waals surface area contributed by atoms with Gasteiger partial charge in [0.05, 0.1) is 40.3 Å². The van der Waals surface area contributed by atoms with Crippen LogP contribution >= 0.6 is 0 Å². The number of likely N-dealkylation sites (N-methyl/N-ethyl adjacent to an activating group) is 1. The van der Waals surface area contributed by atoms with Gasteiger partial charge in [0.25, 0.3) is 0 Å². The van der Waals surface area contributed by atoms with Crippen molar-refractivity contribution in [3.63, 3.8) is 0 Å². The summed E-state index contributed by atoms with van der Waals surface area (Å²) in [5.41, 5.74) is 0. The second-order valence-electron chi connectivity index (χ2n) is 30.8. The molecule has 0 aromatic rings. The summed E-state index contributed by atoms with van der Waals surface area (Å²) in [6, 6.07) is 0. The predicted molar refractivity (Wildman–Crippen MR) is 444 cm³/mol. The standard InChI is InChI=1S/C94H167NO8/c1-6-8-10-12-14-16-18-20-22-24-26-28-30-32-34-36-38-40-42-44-46-48-50-52-54-56-58-60-62-64-66-68-70-72-74-76-78-80-82-84-91(96)101-88-90(89-102-94(93(98)99)100-87-86-95(3,4)5)103-92(97)85-83-81-79-77-75-73-71-69-67-65-63-61-59-57-55-53-51-49-47-45-43-41-39-37-35-33-31-29-27-25-23-21-19-17-15-13-11-9-7-2/h9,11,15,17-18,20-21,23-24,26-27,29,33,35,39,41,45,47,90,94H,6-8,10,12-14,16,19,22,25,28,30-32,34,36-38,40,42-44,46,48-89H2,1-5H3/b11-9-,17-15-,20-18-,23-21-,26-24-,29-27-,35-33-,41-39-,47-45-. The van der Waals surface area contributed by atoms with E-state index in [-0.39, 0.29) is 32.2 Å². The molecule has 0 aliphatic heterocycles. The molecular weight excluding hydrogens is 1270 g/mol. The van der Waals surface area contributed by atoms with Gasteiger partial charge in [0, 0.05) is 12.8 Å². The summed E-state index contributed by atoms with van der Waals surface area (Å²) < 4.78 is 22.9. The molecular formula is C94H167NO8. The van der Waals surface area contributed by atoms with Crippen molar-refractivity contribution >= 4 is 17.9 Å². The van der Waals surface area contributed by atoms with E-state index in [4.69, 9.17) is 18.9 Å². The van der Waals surface area contributed by atoms with Gasteiger partial charge in [0.2, 0.25) is 0 Å². The lowest BCUT2D eigenvalue weighted by molar-refractivity contribution is -0.870. The number of unbranched alkanes of at least 4 members (excludes halogenated alkanes) is 49. The van der Waals surface area contributed by atoms with Crippen molar-refractivity contribution in [2.45, 2.75) is 424 Å². The number of allylic oxidation sites excluding steroid dienone is 18. The third-order valence-corrected chi connectivity index (χ3v) is 19.5. The number of carbonyl (C=O) groups excluding carboxylic acids is 3. The molecule has 0 aliphatic rings. The number of esters is 2. The average Bonchev–Trinajstić information content (AvgIpc) is 0.985. The molecule has 0 amide bonds. The molecule has 0 N–H and O–H groups in total. The fraction of sp³-hybridized carbons (Fsp3) is 0.777. The SMILES string of the molecule is CC/C=C\C/C=C\C/C=C\C/C=C\C/C=C\C/C=C\C/C=C\CCCCCCCCCCCCCCCCCCCC(=O)OC(COC(=O)CCCCCCCCCCCCCCCCCCCCCCCCCCCCC/C=C\C/C=C\CCCCCCC)COC(OCC[N+](C)(C)C)C(=O)[O-]. The Hall–Kier alpha value is -4.05. The zero-order chi connectivity index (χ0) is 74.6. The quantitative estimate of drug-likeness (QED) is 0.0195. The van der Waals surface area contributed by atoms with E-state index in [1.807, 2.05) is 21.1 Å². The van der Waals surface area contributed by atoms with E-state index in [0.717, 1.165) is 83.5 Å². The van der Waals surface area contributed by atoms with Crippen LogP contribution in [0.4, 0.5) is 0 Å². The molecule has 9 nitrogen and oxygen atoms in total. The van der Waals surface area contributed by atoms with Gasteiger partial charge in [-0.3, -0.25) is 9.59 Å². The topological polar surface area (TPSA) is 111 Å². The number of aliphatic carboxylic acids is 1. The highest BCUT2D eigenvalue weighted by atomic mass is 16.7. The van der Waals surface area contributed by atoms with Crippen LogP contribution in [0, 0.1) is 0 Å². The number of rotatable bonds is 82. The summed E-state index contributed by atoms with van der Waals surface area (Å²) >= 11 is 0. The van der Waals surface area contributed by atoms with E-state index in [1.165, 1.54) is 295 Å². The van der Waals surface area contributed by atoms with E-state index >= 15 is 0 Å². The molecule has 0 saturated carbocycles. The second kappa shape index (κ2) is 83.6. The van der Waals surface area contributed by atoms with E-state index in [0.29, 0.717) is 23.9 Å². The van der Waals surface area contributed by atoms with E-state index < -0.39 is 24.3 Å². The fourth-order valence-electron chi connectivity index (χ4n) is 12.8. The number of quaternary nitrogens is 1. The summed E-state index contributed by atoms with van der Waals surface area (Å²) in [4.78, 5) is 37.7. The predicted octanol–water partition coefficient (Wildman–Crippen LogP) is 27.5. The third-order valence-electron chi connectivity index (χ3n) is 19.5. The monoisotopic (exact) mass is 1440 g/mol. The summed E-state index contributed by atoms with van der Waals surface area (Å²) in [5.74, 6) is -2.26. The molecule has 0 fully saturated rings. The molecule has 0 bridgehead atoms. The number of hydrogen-bond acceptors (Lipinski definition) is 8. The van der Waals surface area contributed by atoms with Gasteiger partial charge in [-0.05, 0) is 103 Å². The molecule has 0 rings (SSSR count). The van der Waals surface area contributed by atoms with Crippen LogP contribution < -0.4 is 5.11 Å². The van der Waals surface area contributed by atoms with Crippen LogP contribution in [0.25, 0.3) is 0 Å². The molecule has 0 saturated heterocycles. The first kappa shape index (κ1) is 98.9. The molecule has 596 valence electrons. The van der Waals surface area contributed by atoms with E-state index in [2.05, 4.69) is 123 Å². The van der Waals surface area contributed by atoms with E-state index in [1.54, 1.807) is 0 Å². The summed E-state index contributed by atoms with van der Waals surface area (Å²) in [6.45, 7) is 4.68. The Morgan fingerprint density at radius 3 is 0.825 bits per heavy atom. The van der Waals surface area contributed by atoms with Gasteiger partial charge in [0.15, 0.2) is 12.4 Å². The van der Waals surface area contributed by atoms with Crippen LogP contribution in [0.5, 0.6) is 0 Å². The van der Waals surface area contributed by atoms with Crippen molar-refractivity contribution in [2.24, 2.45) is 0 Å². The molecule has 0 aromatic heterocycles. The lowest BCUT2D eigenvalue weighted by Gasteiger charge is -2.26. The smallest absolute Gasteiger partial charge is 0.306 e. The highest BCUT2D eigenvalue weighted by molar-refractivity contribution is 5.70. The normalized spacial score (nSPS) is 13.1. The number of carbonyl (C=O) groups is 3. The molecule has 0 radical (unpaired) electrons. The van der Waals surface area contributed by atoms with Crippen LogP contribution in [0.3, 0.4) is 0 Å². The number of hydrogen-bond donors (Lipinski definition) is 0. The van der Waals surface area contributed by atoms with Crippen molar-refractivity contribution in [1.29, 1.82) is 0 Å². The summed E-state index contributed by atoms with van der Waals surface area (Å²) in [5, 5.41) is 11.9. The first-order valence-corrected chi connectivity index (χ1v) is 44.0. The average molecular weight is 1440 g/mol. The Morgan fingerprint density at radius 2 is 0.553 bits per heavy atom. The molecule has 2 unspecified atom stereocenters. The Kier molecular flexibility index (Phi) is 80.3. The van der Waals surface area contributed by atoms with Gasteiger partial charge >= 0.3 is 11.9 Å². The number of ether oxygens (including phenoxy) is 4. The molecule has 0 heterocycles. The number of nitrogens with zero attached hydrogens (tertiary/aromatic N) is 1. The Morgan fingerprint density at radius 1 is 0.301 bits per heavy atom. The van der Waals surface area contributed by atoms with Crippen LogP contribution in [-0.2, 0) is 33.3 Å². The second-order valence-corrected chi connectivity index (χ2v) is 30.8. The highest BCUT2D eigenvalue weighted by Crippen LogP contribution is 2.20. The number of carboxylic acids is 1. The first-order valence-electron chi connectivity index (χ1n) is 44.0. The van der Waals surface area contributed by atoms with Gasteiger partial charge in [0.1, 0.15) is 13.2 Å². The third kappa shape index (κ3) is 85.1. The minimum atomic E-state index is -1.62. The van der Waals surface area contributed by atoms with Crippen molar-refractivity contribution in [3.8, 4) is 0 Å². The van der Waals surface area contributed by atoms with Gasteiger partial charge in [-0.2, -0.15) is 0 Å². The zero-order valence-electron chi connectivity index (χ0n) is 68.4. The van der Waals surface area contributed by atoms with Gasteiger partial charge in [-0.25, -0.2) is 0 Å². The first-order chi connectivity index (χ1) is 50.6. The molecule has 103 heavy (non-hydrogen) atoms. The maximum Gasteiger partial charge on any atom is 0.306 e. The minimum absolute atomic E-state index is 0.147. The van der Waals surface area contributed by atoms with Gasteiger partial charge < -0.3 is 33.3 Å². The summed E-state index contributed by atoms with van der Waals surface area (Å²) in [6.07, 6.45) is 115. The number of carboxylic acid groups (broad SMARTS) is 1.